The van der Waals surface area contributed by atoms with Crippen LogP contribution in [-0.2, 0) is 4.74 Å². The fraction of sp³-hybridized carbons (Fsp3) is 1.00. The summed E-state index contributed by atoms with van der Waals surface area (Å²) in [6.45, 7) is 9.59. The Morgan fingerprint density at radius 1 is 1.11 bits per heavy atom. The second kappa shape index (κ2) is 5.71. The van der Waals surface area contributed by atoms with Gasteiger partial charge in [0.2, 0.25) is 0 Å². The van der Waals surface area contributed by atoms with Gasteiger partial charge in [0.05, 0.1) is 12.2 Å². The van der Waals surface area contributed by atoms with Gasteiger partial charge >= 0.3 is 0 Å². The van der Waals surface area contributed by atoms with Crippen LogP contribution in [0.2, 0.25) is 0 Å². The van der Waals surface area contributed by atoms with Crippen LogP contribution in [0, 0.1) is 5.41 Å². The minimum Gasteiger partial charge on any atom is -0.375 e. The molecule has 3 heteroatoms. The van der Waals surface area contributed by atoms with Gasteiger partial charge in [0, 0.05) is 19.1 Å². The number of nitrogens with one attached hydrogen (secondary N) is 1. The highest BCUT2D eigenvalue weighted by atomic mass is 16.5. The molecule has 3 heterocycles. The summed E-state index contributed by atoms with van der Waals surface area (Å²) in [5.74, 6) is 0. The molecule has 0 bridgehead atoms. The minimum atomic E-state index is 0.441. The van der Waals surface area contributed by atoms with E-state index in [1.807, 2.05) is 0 Å². The molecular weight excluding hydrogens is 236 g/mol. The molecule has 19 heavy (non-hydrogen) atoms. The van der Waals surface area contributed by atoms with Crippen LogP contribution in [0.1, 0.15) is 52.4 Å². The Balaban J connectivity index is 1.64. The Morgan fingerprint density at radius 2 is 1.84 bits per heavy atom. The first kappa shape index (κ1) is 13.8. The van der Waals surface area contributed by atoms with Gasteiger partial charge in [-0.25, -0.2) is 0 Å². The molecule has 0 aromatic carbocycles. The van der Waals surface area contributed by atoms with E-state index in [1.165, 1.54) is 64.7 Å². The SMILES string of the molecule is CC1CC(N2CCCC3(CCCNC3)C2)CC(C)O1. The Hall–Kier alpha value is -0.120. The van der Waals surface area contributed by atoms with Gasteiger partial charge in [-0.3, -0.25) is 4.90 Å². The molecule has 3 fully saturated rings. The lowest BCUT2D eigenvalue weighted by Crippen LogP contribution is -2.55. The monoisotopic (exact) mass is 266 g/mol. The average Bonchev–Trinajstić information content (AvgIpc) is 2.38. The van der Waals surface area contributed by atoms with Gasteiger partial charge in [-0.1, -0.05) is 0 Å². The average molecular weight is 266 g/mol. The Bertz CT molecular complexity index is 286. The van der Waals surface area contributed by atoms with Crippen LogP contribution in [-0.4, -0.2) is 49.3 Å². The zero-order valence-corrected chi connectivity index (χ0v) is 12.7. The highest BCUT2D eigenvalue weighted by Crippen LogP contribution is 2.38. The standard InChI is InChI=1S/C16H30N2O/c1-13-9-15(10-14(2)19-13)18-8-4-6-16(12-18)5-3-7-17-11-16/h13-15,17H,3-12H2,1-2H3. The number of hydrogen-bond acceptors (Lipinski definition) is 3. The molecule has 3 atom stereocenters. The summed E-state index contributed by atoms with van der Waals surface area (Å²) in [4.78, 5) is 2.80. The Kier molecular flexibility index (Phi) is 4.16. The van der Waals surface area contributed by atoms with Gasteiger partial charge in [-0.05, 0) is 70.9 Å². The smallest absolute Gasteiger partial charge is 0.0565 e. The third-order valence-corrected chi connectivity index (χ3v) is 5.44. The predicted octanol–water partition coefficient (Wildman–Crippen LogP) is 2.41. The molecule has 0 amide bonds. The van der Waals surface area contributed by atoms with Gasteiger partial charge in [0.1, 0.15) is 0 Å². The van der Waals surface area contributed by atoms with E-state index in [0.29, 0.717) is 17.6 Å². The van der Waals surface area contributed by atoms with Crippen molar-refractivity contribution in [3.05, 3.63) is 0 Å². The van der Waals surface area contributed by atoms with Crippen molar-refractivity contribution in [2.24, 2.45) is 5.41 Å². The number of hydrogen-bond donors (Lipinski definition) is 1. The number of piperidine rings is 2. The van der Waals surface area contributed by atoms with Crippen LogP contribution in [0.15, 0.2) is 0 Å². The minimum absolute atomic E-state index is 0.441. The maximum absolute atomic E-state index is 5.91. The highest BCUT2D eigenvalue weighted by molar-refractivity contribution is 4.94. The second-order valence-corrected chi connectivity index (χ2v) is 7.24. The van der Waals surface area contributed by atoms with Crippen LogP contribution in [0.5, 0.6) is 0 Å². The van der Waals surface area contributed by atoms with E-state index in [4.69, 9.17) is 4.74 Å². The van der Waals surface area contributed by atoms with Crippen molar-refractivity contribution in [2.75, 3.05) is 26.2 Å². The van der Waals surface area contributed by atoms with Crippen LogP contribution >= 0.6 is 0 Å². The molecule has 3 aliphatic heterocycles. The molecule has 110 valence electrons. The molecule has 3 unspecified atom stereocenters. The summed E-state index contributed by atoms with van der Waals surface area (Å²) in [6, 6.07) is 0.762. The van der Waals surface area contributed by atoms with Crippen LogP contribution in [0.4, 0.5) is 0 Å². The molecule has 1 spiro atoms. The van der Waals surface area contributed by atoms with Gasteiger partial charge in [0.25, 0.3) is 0 Å². The summed E-state index contributed by atoms with van der Waals surface area (Å²) in [7, 11) is 0. The first-order valence-corrected chi connectivity index (χ1v) is 8.27. The maximum atomic E-state index is 5.91. The largest absolute Gasteiger partial charge is 0.375 e. The summed E-state index contributed by atoms with van der Waals surface area (Å²) in [5.41, 5.74) is 0.585. The molecule has 0 aliphatic carbocycles. The van der Waals surface area contributed by atoms with Gasteiger partial charge in [0.15, 0.2) is 0 Å². The number of nitrogens with zero attached hydrogens (tertiary/aromatic N) is 1. The van der Waals surface area contributed by atoms with E-state index in [2.05, 4.69) is 24.1 Å². The summed E-state index contributed by atoms with van der Waals surface area (Å²) in [5, 5.41) is 3.63. The van der Waals surface area contributed by atoms with E-state index in [1.54, 1.807) is 0 Å². The lowest BCUT2D eigenvalue weighted by Gasteiger charge is -2.49. The molecule has 3 aliphatic rings. The number of rotatable bonds is 1. The van der Waals surface area contributed by atoms with Crippen molar-refractivity contribution >= 4 is 0 Å². The molecule has 0 saturated carbocycles. The molecular formula is C16H30N2O. The lowest BCUT2D eigenvalue weighted by atomic mass is 9.73. The van der Waals surface area contributed by atoms with Crippen molar-refractivity contribution in [1.29, 1.82) is 0 Å². The lowest BCUT2D eigenvalue weighted by molar-refractivity contribution is -0.0795. The third-order valence-electron chi connectivity index (χ3n) is 5.44. The molecule has 3 nitrogen and oxygen atoms in total. The molecule has 1 N–H and O–H groups in total. The molecule has 0 aromatic heterocycles. The summed E-state index contributed by atoms with van der Waals surface area (Å²) in [6.07, 6.45) is 8.97. The van der Waals surface area contributed by atoms with Crippen molar-refractivity contribution in [3.63, 3.8) is 0 Å². The topological polar surface area (TPSA) is 24.5 Å². The van der Waals surface area contributed by atoms with E-state index >= 15 is 0 Å². The fourth-order valence-corrected chi connectivity index (χ4v) is 4.60. The molecule has 0 aromatic rings. The van der Waals surface area contributed by atoms with Crippen molar-refractivity contribution in [1.82, 2.24) is 10.2 Å². The Morgan fingerprint density at radius 3 is 2.53 bits per heavy atom. The zero-order valence-electron chi connectivity index (χ0n) is 12.7. The normalized spacial score (nSPS) is 45.5. The van der Waals surface area contributed by atoms with E-state index < -0.39 is 0 Å². The number of ether oxygens (including phenoxy) is 1. The summed E-state index contributed by atoms with van der Waals surface area (Å²) < 4.78 is 5.91. The van der Waals surface area contributed by atoms with E-state index in [0.717, 1.165) is 6.04 Å². The van der Waals surface area contributed by atoms with E-state index in [9.17, 15) is 0 Å². The maximum Gasteiger partial charge on any atom is 0.0565 e. The second-order valence-electron chi connectivity index (χ2n) is 7.24. The highest BCUT2D eigenvalue weighted by Gasteiger charge is 2.39. The van der Waals surface area contributed by atoms with E-state index in [-0.39, 0.29) is 0 Å². The van der Waals surface area contributed by atoms with Crippen LogP contribution < -0.4 is 5.32 Å². The Labute approximate surface area is 118 Å². The summed E-state index contributed by atoms with van der Waals surface area (Å²) >= 11 is 0. The quantitative estimate of drug-likeness (QED) is 0.789. The zero-order chi connectivity index (χ0) is 13.3. The molecule has 3 saturated heterocycles. The van der Waals surface area contributed by atoms with Crippen LogP contribution in [0.3, 0.4) is 0 Å². The molecule has 3 rings (SSSR count). The fourth-order valence-electron chi connectivity index (χ4n) is 4.60. The van der Waals surface area contributed by atoms with Crippen LogP contribution in [0.25, 0.3) is 0 Å². The van der Waals surface area contributed by atoms with Gasteiger partial charge in [-0.15, -0.1) is 0 Å². The number of likely N-dealkylation sites (tertiary alicyclic amines) is 1. The van der Waals surface area contributed by atoms with Crippen molar-refractivity contribution < 1.29 is 4.74 Å². The van der Waals surface area contributed by atoms with Gasteiger partial charge < -0.3 is 10.1 Å². The van der Waals surface area contributed by atoms with Crippen molar-refractivity contribution in [3.8, 4) is 0 Å². The third kappa shape index (κ3) is 3.14. The van der Waals surface area contributed by atoms with Crippen molar-refractivity contribution in [2.45, 2.75) is 70.6 Å². The molecule has 0 radical (unpaired) electrons. The first-order chi connectivity index (χ1) is 9.17. The predicted molar refractivity (Wildman–Crippen MR) is 78.4 cm³/mol. The van der Waals surface area contributed by atoms with Gasteiger partial charge in [-0.2, -0.15) is 0 Å². The first-order valence-electron chi connectivity index (χ1n) is 8.27.